The van der Waals surface area contributed by atoms with E-state index < -0.39 is 20.9 Å². The number of sulfonamides is 1. The second kappa shape index (κ2) is 6.17. The molecule has 1 aromatic rings. The zero-order valence-corrected chi connectivity index (χ0v) is 16.6. The minimum atomic E-state index is -3.47. The van der Waals surface area contributed by atoms with Crippen LogP contribution in [-0.4, -0.2) is 60.1 Å². The SMILES string of the molecule is O=C(C1CCC1)N1C[C@H]2C[C@H]3[C@](C1)(CN(Cc1cccc(Cl)c1)S3(=O)=O)O2. The van der Waals surface area contributed by atoms with Gasteiger partial charge in [0.15, 0.2) is 0 Å². The maximum atomic E-state index is 13.2. The molecule has 0 unspecified atom stereocenters. The maximum Gasteiger partial charge on any atom is 0.225 e. The van der Waals surface area contributed by atoms with Gasteiger partial charge in [0.1, 0.15) is 10.9 Å². The van der Waals surface area contributed by atoms with Crippen LogP contribution in [0, 0.1) is 5.92 Å². The lowest BCUT2D eigenvalue weighted by atomic mass is 9.84. The van der Waals surface area contributed by atoms with Crippen LogP contribution < -0.4 is 0 Å². The van der Waals surface area contributed by atoms with Crippen LogP contribution in [-0.2, 0) is 26.1 Å². The Morgan fingerprint density at radius 3 is 2.81 bits per heavy atom. The Bertz CT molecular complexity index is 887. The largest absolute Gasteiger partial charge is 0.365 e. The average Bonchev–Trinajstić information content (AvgIpc) is 2.92. The molecule has 5 rings (SSSR count). The molecule has 1 saturated carbocycles. The molecule has 0 radical (unpaired) electrons. The van der Waals surface area contributed by atoms with Gasteiger partial charge in [-0.2, -0.15) is 4.31 Å². The maximum absolute atomic E-state index is 13.2. The summed E-state index contributed by atoms with van der Waals surface area (Å²) < 4.78 is 34.1. The molecule has 8 heteroatoms. The van der Waals surface area contributed by atoms with Crippen LogP contribution in [0.25, 0.3) is 0 Å². The minimum absolute atomic E-state index is 0.123. The van der Waals surface area contributed by atoms with Crippen molar-refractivity contribution in [1.82, 2.24) is 9.21 Å². The number of rotatable bonds is 3. The lowest BCUT2D eigenvalue weighted by molar-refractivity contribution is -0.157. The molecule has 3 aliphatic heterocycles. The number of morpholine rings is 1. The third-order valence-electron chi connectivity index (χ3n) is 6.53. The molecule has 0 N–H and O–H groups in total. The third kappa shape index (κ3) is 2.82. The highest BCUT2D eigenvalue weighted by Crippen LogP contribution is 2.47. The molecular formula is C19H23ClN2O4S. The molecule has 1 amide bonds. The van der Waals surface area contributed by atoms with Crippen LogP contribution in [0.5, 0.6) is 0 Å². The molecule has 1 aliphatic carbocycles. The number of nitrogens with zero attached hydrogens (tertiary/aromatic N) is 2. The number of ether oxygens (including phenoxy) is 1. The lowest BCUT2D eigenvalue weighted by Crippen LogP contribution is -2.57. The molecule has 3 heterocycles. The van der Waals surface area contributed by atoms with Gasteiger partial charge in [0.25, 0.3) is 0 Å². The normalized spacial score (nSPS) is 35.1. The van der Waals surface area contributed by atoms with E-state index in [2.05, 4.69) is 0 Å². The quantitative estimate of drug-likeness (QED) is 0.764. The Morgan fingerprint density at radius 2 is 2.11 bits per heavy atom. The van der Waals surface area contributed by atoms with Crippen molar-refractivity contribution in [2.45, 2.75) is 49.2 Å². The molecule has 0 aromatic heterocycles. The third-order valence-corrected chi connectivity index (χ3v) is 9.08. The van der Waals surface area contributed by atoms with Crippen molar-refractivity contribution in [3.63, 3.8) is 0 Å². The Kier molecular flexibility index (Phi) is 4.10. The molecule has 3 atom stereocenters. The number of likely N-dealkylation sites (tertiary alicyclic amines) is 1. The molecule has 4 aliphatic rings. The number of hydrogen-bond donors (Lipinski definition) is 0. The summed E-state index contributed by atoms with van der Waals surface area (Å²) >= 11 is 6.05. The standard InChI is InChI=1S/C19H23ClN2O4S/c20-15-6-1-3-13(7-15)9-22-12-19-11-21(18(23)14-4-2-5-14)10-16(26-19)8-17(19)27(22,24)25/h1,3,6-7,14,16-17H,2,4-5,8-12H2/t16-,17+,19+/m1/s1. The fraction of sp³-hybridized carbons (Fsp3) is 0.632. The van der Waals surface area contributed by atoms with Gasteiger partial charge in [-0.15, -0.1) is 0 Å². The number of amides is 1. The van der Waals surface area contributed by atoms with E-state index in [0.717, 1.165) is 24.8 Å². The Labute approximate surface area is 164 Å². The highest BCUT2D eigenvalue weighted by molar-refractivity contribution is 7.90. The molecule has 1 aromatic carbocycles. The summed E-state index contributed by atoms with van der Waals surface area (Å²) in [6.07, 6.45) is 3.33. The number of hydrogen-bond acceptors (Lipinski definition) is 4. The first-order chi connectivity index (χ1) is 12.9. The topological polar surface area (TPSA) is 66.9 Å². The van der Waals surface area contributed by atoms with Crippen molar-refractivity contribution in [3.8, 4) is 0 Å². The van der Waals surface area contributed by atoms with E-state index in [0.29, 0.717) is 31.1 Å². The van der Waals surface area contributed by atoms with E-state index in [9.17, 15) is 13.2 Å². The van der Waals surface area contributed by atoms with E-state index in [4.69, 9.17) is 16.3 Å². The molecule has 1 spiro atoms. The predicted molar refractivity (Wildman–Crippen MR) is 101 cm³/mol. The van der Waals surface area contributed by atoms with Crippen LogP contribution in [0.15, 0.2) is 24.3 Å². The fourth-order valence-electron chi connectivity index (χ4n) is 5.01. The van der Waals surface area contributed by atoms with Crippen molar-refractivity contribution in [1.29, 1.82) is 0 Å². The highest BCUT2D eigenvalue weighted by Gasteiger charge is 2.65. The van der Waals surface area contributed by atoms with Gasteiger partial charge < -0.3 is 9.64 Å². The van der Waals surface area contributed by atoms with E-state index in [1.807, 2.05) is 17.0 Å². The predicted octanol–water partition coefficient (Wildman–Crippen LogP) is 2.02. The van der Waals surface area contributed by atoms with Gasteiger partial charge >= 0.3 is 0 Å². The number of carbonyl (C=O) groups excluding carboxylic acids is 1. The highest BCUT2D eigenvalue weighted by atomic mass is 35.5. The molecule has 146 valence electrons. The van der Waals surface area contributed by atoms with Gasteiger partial charge in [0.2, 0.25) is 15.9 Å². The monoisotopic (exact) mass is 410 g/mol. The van der Waals surface area contributed by atoms with Gasteiger partial charge in [-0.25, -0.2) is 8.42 Å². The smallest absolute Gasteiger partial charge is 0.225 e. The van der Waals surface area contributed by atoms with E-state index in [1.165, 1.54) is 4.31 Å². The van der Waals surface area contributed by atoms with Crippen LogP contribution in [0.3, 0.4) is 0 Å². The van der Waals surface area contributed by atoms with Crippen LogP contribution in [0.4, 0.5) is 0 Å². The van der Waals surface area contributed by atoms with Crippen molar-refractivity contribution in [2.24, 2.45) is 5.92 Å². The number of carbonyl (C=O) groups is 1. The zero-order chi connectivity index (χ0) is 18.8. The Morgan fingerprint density at radius 1 is 1.30 bits per heavy atom. The summed E-state index contributed by atoms with van der Waals surface area (Å²) in [5, 5.41) is 0.0297. The number of halogens is 1. The molecule has 27 heavy (non-hydrogen) atoms. The van der Waals surface area contributed by atoms with Gasteiger partial charge in [0, 0.05) is 30.6 Å². The van der Waals surface area contributed by atoms with Gasteiger partial charge in [-0.3, -0.25) is 4.79 Å². The first kappa shape index (κ1) is 17.9. The first-order valence-electron chi connectivity index (χ1n) is 9.57. The van der Waals surface area contributed by atoms with E-state index in [1.54, 1.807) is 12.1 Å². The molecular weight excluding hydrogens is 388 g/mol. The van der Waals surface area contributed by atoms with Gasteiger partial charge in [-0.1, -0.05) is 30.2 Å². The fourth-order valence-corrected chi connectivity index (χ4v) is 7.52. The number of benzene rings is 1. The lowest BCUT2D eigenvalue weighted by Gasteiger charge is -2.42. The summed E-state index contributed by atoms with van der Waals surface area (Å²) in [6.45, 7) is 1.50. The Hall–Kier alpha value is -1.15. The molecule has 4 fully saturated rings. The summed E-state index contributed by atoms with van der Waals surface area (Å²) in [6, 6.07) is 7.27. The summed E-state index contributed by atoms with van der Waals surface area (Å²) in [5.41, 5.74) is 0.0666. The van der Waals surface area contributed by atoms with Crippen LogP contribution >= 0.6 is 11.6 Å². The first-order valence-corrected chi connectivity index (χ1v) is 11.5. The molecule has 2 bridgehead atoms. The zero-order valence-electron chi connectivity index (χ0n) is 15.0. The minimum Gasteiger partial charge on any atom is -0.365 e. The van der Waals surface area contributed by atoms with E-state index in [-0.39, 0.29) is 24.5 Å². The van der Waals surface area contributed by atoms with Crippen LogP contribution in [0.2, 0.25) is 5.02 Å². The summed E-state index contributed by atoms with van der Waals surface area (Å²) in [7, 11) is -3.47. The molecule has 6 nitrogen and oxygen atoms in total. The van der Waals surface area contributed by atoms with Crippen molar-refractivity contribution >= 4 is 27.5 Å². The average molecular weight is 411 g/mol. The summed E-state index contributed by atoms with van der Waals surface area (Å²) in [4.78, 5) is 14.6. The second-order valence-electron chi connectivity index (χ2n) is 8.32. The number of fused-ring (bicyclic) bond motifs is 1. The summed E-state index contributed by atoms with van der Waals surface area (Å²) in [5.74, 6) is 0.304. The van der Waals surface area contributed by atoms with Gasteiger partial charge in [-0.05, 0) is 37.0 Å². The Balaban J connectivity index is 1.40. The van der Waals surface area contributed by atoms with Crippen molar-refractivity contribution in [2.75, 3.05) is 19.6 Å². The van der Waals surface area contributed by atoms with Crippen molar-refractivity contribution < 1.29 is 17.9 Å². The second-order valence-corrected chi connectivity index (χ2v) is 10.9. The van der Waals surface area contributed by atoms with Crippen LogP contribution in [0.1, 0.15) is 31.2 Å². The van der Waals surface area contributed by atoms with Crippen molar-refractivity contribution in [3.05, 3.63) is 34.9 Å². The van der Waals surface area contributed by atoms with Gasteiger partial charge in [0.05, 0.1) is 12.6 Å². The molecule has 3 saturated heterocycles. The van der Waals surface area contributed by atoms with E-state index >= 15 is 0 Å².